The van der Waals surface area contributed by atoms with Crippen molar-refractivity contribution in [1.82, 2.24) is 10.6 Å². The van der Waals surface area contributed by atoms with E-state index < -0.39 is 15.9 Å². The Kier molecular flexibility index (Phi) is 6.00. The summed E-state index contributed by atoms with van der Waals surface area (Å²) in [6.45, 7) is 0.634. The summed E-state index contributed by atoms with van der Waals surface area (Å²) in [6.07, 6.45) is -0.652. The number of carbonyl (C=O) groups is 1. The first kappa shape index (κ1) is 15.4. The van der Waals surface area contributed by atoms with Gasteiger partial charge < -0.3 is 20.5 Å². The average molecular weight is 280 g/mol. The van der Waals surface area contributed by atoms with Crippen LogP contribution in [-0.2, 0) is 19.4 Å². The molecule has 1 aliphatic heterocycles. The Balaban J connectivity index is 2.27. The normalized spacial score (nSPS) is 24.4. The molecule has 7 nitrogen and oxygen atoms in total. The van der Waals surface area contributed by atoms with Gasteiger partial charge in [0.1, 0.15) is 0 Å². The van der Waals surface area contributed by atoms with Gasteiger partial charge in [0.2, 0.25) is 5.91 Å². The molecule has 2 unspecified atom stereocenters. The molecule has 0 saturated carbocycles. The fourth-order valence-electron chi connectivity index (χ4n) is 1.78. The summed E-state index contributed by atoms with van der Waals surface area (Å²) >= 11 is 0. The second kappa shape index (κ2) is 7.03. The van der Waals surface area contributed by atoms with E-state index in [-0.39, 0.29) is 43.0 Å². The number of hydrogen-bond donors (Lipinski definition) is 3. The zero-order valence-corrected chi connectivity index (χ0v) is 11.2. The summed E-state index contributed by atoms with van der Waals surface area (Å²) in [5, 5.41) is 14.9. The van der Waals surface area contributed by atoms with E-state index in [0.29, 0.717) is 6.54 Å². The molecule has 1 saturated heterocycles. The molecule has 0 bridgehead atoms. The largest absolute Gasteiger partial charge is 0.389 e. The maximum absolute atomic E-state index is 11.5. The first-order valence-electron chi connectivity index (χ1n) is 5.80. The molecular formula is C10H20N2O5S. The molecule has 0 aromatic carbocycles. The fraction of sp³-hybridized carbons (Fsp3) is 0.900. The van der Waals surface area contributed by atoms with Crippen molar-refractivity contribution in [3.05, 3.63) is 0 Å². The third-order valence-corrected chi connectivity index (χ3v) is 4.36. The van der Waals surface area contributed by atoms with Crippen LogP contribution in [0, 0.1) is 0 Å². The quantitative estimate of drug-likeness (QED) is 0.514. The summed E-state index contributed by atoms with van der Waals surface area (Å²) in [7, 11) is -1.57. The minimum Gasteiger partial charge on any atom is -0.389 e. The van der Waals surface area contributed by atoms with Crippen molar-refractivity contribution in [3.63, 3.8) is 0 Å². The first-order chi connectivity index (χ1) is 8.43. The van der Waals surface area contributed by atoms with Crippen LogP contribution in [0.3, 0.4) is 0 Å². The van der Waals surface area contributed by atoms with E-state index in [4.69, 9.17) is 4.74 Å². The number of aliphatic hydroxyl groups is 1. The van der Waals surface area contributed by atoms with Crippen molar-refractivity contribution in [2.45, 2.75) is 18.6 Å². The van der Waals surface area contributed by atoms with Gasteiger partial charge in [-0.2, -0.15) is 0 Å². The van der Waals surface area contributed by atoms with Crippen LogP contribution in [0.2, 0.25) is 0 Å². The maximum atomic E-state index is 11.5. The van der Waals surface area contributed by atoms with Crippen molar-refractivity contribution >= 4 is 15.7 Å². The fourth-order valence-corrected chi connectivity index (χ4v) is 3.22. The van der Waals surface area contributed by atoms with Gasteiger partial charge in [-0.3, -0.25) is 4.79 Å². The Morgan fingerprint density at radius 3 is 2.94 bits per heavy atom. The van der Waals surface area contributed by atoms with Crippen molar-refractivity contribution < 1.29 is 23.1 Å². The van der Waals surface area contributed by atoms with E-state index >= 15 is 0 Å². The zero-order valence-electron chi connectivity index (χ0n) is 10.4. The van der Waals surface area contributed by atoms with Crippen LogP contribution in [0.4, 0.5) is 0 Å². The molecule has 106 valence electrons. The lowest BCUT2D eigenvalue weighted by molar-refractivity contribution is -0.122. The lowest BCUT2D eigenvalue weighted by atomic mass is 10.2. The van der Waals surface area contributed by atoms with E-state index in [0.717, 1.165) is 0 Å². The summed E-state index contributed by atoms with van der Waals surface area (Å²) in [5.41, 5.74) is 0. The molecule has 2 atom stereocenters. The number of methoxy groups -OCH3 is 1. The standard InChI is InChI=1S/C10H20N2O5S/c1-17-6-9(13)5-12-10(14)4-8-7-18(15,16)3-2-11-8/h8-9,11,13H,2-7H2,1H3,(H,12,14). The molecule has 0 aliphatic carbocycles. The Bertz CT molecular complexity index is 370. The summed E-state index contributed by atoms with van der Waals surface area (Å²) in [4.78, 5) is 11.5. The third kappa shape index (κ3) is 5.76. The summed E-state index contributed by atoms with van der Waals surface area (Å²) in [6, 6.07) is -0.344. The van der Waals surface area contributed by atoms with Gasteiger partial charge in [0.25, 0.3) is 0 Å². The monoisotopic (exact) mass is 280 g/mol. The lowest BCUT2D eigenvalue weighted by Crippen LogP contribution is -2.47. The zero-order chi connectivity index (χ0) is 13.6. The molecular weight excluding hydrogens is 260 g/mol. The second-order valence-corrected chi connectivity index (χ2v) is 6.61. The number of sulfone groups is 1. The molecule has 1 fully saturated rings. The molecule has 8 heteroatoms. The first-order valence-corrected chi connectivity index (χ1v) is 7.62. The van der Waals surface area contributed by atoms with Gasteiger partial charge in [-0.1, -0.05) is 0 Å². The molecule has 0 spiro atoms. The van der Waals surface area contributed by atoms with E-state index in [2.05, 4.69) is 10.6 Å². The third-order valence-electron chi connectivity index (χ3n) is 2.63. The highest BCUT2D eigenvalue weighted by atomic mass is 32.2. The summed E-state index contributed by atoms with van der Waals surface area (Å²) in [5.74, 6) is -0.168. The number of rotatable bonds is 6. The van der Waals surface area contributed by atoms with E-state index in [1.807, 2.05) is 0 Å². The van der Waals surface area contributed by atoms with E-state index in [1.165, 1.54) is 7.11 Å². The smallest absolute Gasteiger partial charge is 0.221 e. The van der Waals surface area contributed by atoms with Gasteiger partial charge in [-0.25, -0.2) is 8.42 Å². The van der Waals surface area contributed by atoms with Crippen LogP contribution >= 0.6 is 0 Å². The van der Waals surface area contributed by atoms with Crippen LogP contribution in [0.5, 0.6) is 0 Å². The molecule has 3 N–H and O–H groups in total. The van der Waals surface area contributed by atoms with Crippen molar-refractivity contribution in [2.75, 3.05) is 38.3 Å². The molecule has 0 aromatic heterocycles. The van der Waals surface area contributed by atoms with Crippen LogP contribution < -0.4 is 10.6 Å². The van der Waals surface area contributed by atoms with Crippen molar-refractivity contribution in [2.24, 2.45) is 0 Å². The van der Waals surface area contributed by atoms with Gasteiger partial charge in [-0.05, 0) is 0 Å². The molecule has 0 aromatic rings. The number of aliphatic hydroxyl groups excluding tert-OH is 1. The van der Waals surface area contributed by atoms with Crippen molar-refractivity contribution in [1.29, 1.82) is 0 Å². The molecule has 0 radical (unpaired) electrons. The predicted molar refractivity (Wildman–Crippen MR) is 66.0 cm³/mol. The van der Waals surface area contributed by atoms with Gasteiger partial charge in [-0.15, -0.1) is 0 Å². The Morgan fingerprint density at radius 1 is 1.61 bits per heavy atom. The molecule has 1 aliphatic rings. The summed E-state index contributed by atoms with van der Waals surface area (Å²) < 4.78 is 27.5. The minimum absolute atomic E-state index is 0.0129. The van der Waals surface area contributed by atoms with Crippen LogP contribution in [0.25, 0.3) is 0 Å². The number of amides is 1. The molecule has 1 rings (SSSR count). The highest BCUT2D eigenvalue weighted by molar-refractivity contribution is 7.91. The number of nitrogens with one attached hydrogen (secondary N) is 2. The van der Waals surface area contributed by atoms with Crippen LogP contribution in [0.1, 0.15) is 6.42 Å². The van der Waals surface area contributed by atoms with Gasteiger partial charge in [0.05, 0.1) is 24.2 Å². The minimum atomic E-state index is -3.03. The maximum Gasteiger partial charge on any atom is 0.221 e. The Hall–Kier alpha value is -0.700. The Morgan fingerprint density at radius 2 is 2.33 bits per heavy atom. The average Bonchev–Trinajstić information content (AvgIpc) is 2.25. The SMILES string of the molecule is COCC(O)CNC(=O)CC1CS(=O)(=O)CCN1. The van der Waals surface area contributed by atoms with E-state index in [9.17, 15) is 18.3 Å². The van der Waals surface area contributed by atoms with Crippen LogP contribution in [-0.4, -0.2) is 69.9 Å². The Labute approximate surface area is 107 Å². The number of hydrogen-bond acceptors (Lipinski definition) is 6. The molecule has 18 heavy (non-hydrogen) atoms. The topological polar surface area (TPSA) is 105 Å². The van der Waals surface area contributed by atoms with Gasteiger partial charge in [0.15, 0.2) is 9.84 Å². The van der Waals surface area contributed by atoms with Crippen molar-refractivity contribution in [3.8, 4) is 0 Å². The highest BCUT2D eigenvalue weighted by Gasteiger charge is 2.25. The highest BCUT2D eigenvalue weighted by Crippen LogP contribution is 2.04. The van der Waals surface area contributed by atoms with Gasteiger partial charge >= 0.3 is 0 Å². The second-order valence-electron chi connectivity index (χ2n) is 4.38. The molecule has 1 heterocycles. The molecule has 1 amide bonds. The number of carbonyl (C=O) groups excluding carboxylic acids is 1. The lowest BCUT2D eigenvalue weighted by Gasteiger charge is -2.23. The number of ether oxygens (including phenoxy) is 1. The van der Waals surface area contributed by atoms with Gasteiger partial charge in [0, 0.05) is 32.7 Å². The predicted octanol–water partition coefficient (Wildman–Crippen LogP) is -2.11. The van der Waals surface area contributed by atoms with Crippen LogP contribution in [0.15, 0.2) is 0 Å². The van der Waals surface area contributed by atoms with E-state index in [1.54, 1.807) is 0 Å².